The van der Waals surface area contributed by atoms with Crippen molar-refractivity contribution in [3.05, 3.63) is 29.6 Å². The number of nitrogens with two attached hydrogens (primary N) is 1. The Morgan fingerprint density at radius 2 is 2.09 bits per heavy atom. The zero-order chi connectivity index (χ0) is 16.4. The number of hydrogen-bond acceptors (Lipinski definition) is 3. The Morgan fingerprint density at radius 3 is 2.59 bits per heavy atom. The summed E-state index contributed by atoms with van der Waals surface area (Å²) in [5.74, 6) is -0.298. The summed E-state index contributed by atoms with van der Waals surface area (Å²) in [4.78, 5) is 12.0. The number of amides is 1. The monoisotopic (exact) mass is 308 g/mol. The molecule has 0 radical (unpaired) electrons. The van der Waals surface area contributed by atoms with Crippen molar-refractivity contribution in [2.45, 2.75) is 57.5 Å². The minimum Gasteiger partial charge on any atom is -0.444 e. The highest BCUT2D eigenvalue weighted by atomic mass is 19.1. The van der Waals surface area contributed by atoms with E-state index in [1.165, 1.54) is 12.1 Å². The highest BCUT2D eigenvalue weighted by Gasteiger charge is 2.40. The molecule has 4 nitrogen and oxygen atoms in total. The van der Waals surface area contributed by atoms with Gasteiger partial charge >= 0.3 is 6.09 Å². The van der Waals surface area contributed by atoms with Gasteiger partial charge in [-0.15, -0.1) is 0 Å². The molecule has 122 valence electrons. The maximum atomic E-state index is 13.7. The number of rotatable bonds is 4. The molecule has 0 bridgehead atoms. The second kappa shape index (κ2) is 6.24. The predicted molar refractivity (Wildman–Crippen MR) is 85.5 cm³/mol. The van der Waals surface area contributed by atoms with Crippen LogP contribution in [-0.4, -0.2) is 18.2 Å². The zero-order valence-electron chi connectivity index (χ0n) is 13.5. The lowest BCUT2D eigenvalue weighted by atomic mass is 9.62. The van der Waals surface area contributed by atoms with E-state index in [0.717, 1.165) is 31.2 Å². The molecule has 1 aromatic carbocycles. The van der Waals surface area contributed by atoms with Gasteiger partial charge < -0.3 is 10.5 Å². The average Bonchev–Trinajstić information content (AvgIpc) is 2.34. The van der Waals surface area contributed by atoms with E-state index in [0.29, 0.717) is 12.2 Å². The molecule has 2 rings (SSSR count). The summed E-state index contributed by atoms with van der Waals surface area (Å²) in [5.41, 5.74) is 6.47. The molecule has 22 heavy (non-hydrogen) atoms. The maximum Gasteiger partial charge on any atom is 0.412 e. The van der Waals surface area contributed by atoms with Crippen molar-refractivity contribution >= 4 is 11.8 Å². The summed E-state index contributed by atoms with van der Waals surface area (Å²) in [6.07, 6.45) is 3.30. The van der Waals surface area contributed by atoms with Crippen LogP contribution in [0.5, 0.6) is 0 Å². The highest BCUT2D eigenvalue weighted by Crippen LogP contribution is 2.48. The van der Waals surface area contributed by atoms with E-state index in [4.69, 9.17) is 10.5 Å². The van der Waals surface area contributed by atoms with Crippen LogP contribution < -0.4 is 11.1 Å². The second-order valence-electron chi connectivity index (χ2n) is 6.99. The number of hydrogen-bond donors (Lipinski definition) is 2. The number of benzene rings is 1. The molecule has 1 amide bonds. The predicted octanol–water partition coefficient (Wildman–Crippen LogP) is 3.94. The van der Waals surface area contributed by atoms with Crippen LogP contribution >= 0.6 is 0 Å². The molecular weight excluding hydrogens is 283 g/mol. The molecule has 0 saturated heterocycles. The molecule has 0 aliphatic heterocycles. The van der Waals surface area contributed by atoms with E-state index in [9.17, 15) is 9.18 Å². The number of halogens is 1. The van der Waals surface area contributed by atoms with Gasteiger partial charge in [0, 0.05) is 5.69 Å². The Balaban J connectivity index is 2.26. The molecule has 0 aromatic heterocycles. The standard InChI is InChI=1S/C17H25FN2O2/c1-16(2,3)22-15(21)20-14-6-5-12(18)11-13(14)17(9-10-19)7-4-8-17/h5-6,11H,4,7-10,19H2,1-3H3,(H,20,21). The van der Waals surface area contributed by atoms with Crippen LogP contribution in [-0.2, 0) is 10.2 Å². The first kappa shape index (κ1) is 16.7. The van der Waals surface area contributed by atoms with Gasteiger partial charge in [0.25, 0.3) is 0 Å². The first-order chi connectivity index (χ1) is 10.3. The van der Waals surface area contributed by atoms with Gasteiger partial charge in [-0.1, -0.05) is 6.42 Å². The summed E-state index contributed by atoms with van der Waals surface area (Å²) < 4.78 is 19.0. The molecule has 0 unspecified atom stereocenters. The number of anilines is 1. The maximum absolute atomic E-state index is 13.7. The highest BCUT2D eigenvalue weighted by molar-refractivity contribution is 5.86. The molecule has 0 atom stereocenters. The lowest BCUT2D eigenvalue weighted by Crippen LogP contribution is -2.37. The third kappa shape index (κ3) is 3.77. The van der Waals surface area contributed by atoms with Crippen molar-refractivity contribution in [1.29, 1.82) is 0 Å². The molecule has 1 aromatic rings. The molecule has 1 aliphatic rings. The van der Waals surface area contributed by atoms with Gasteiger partial charge in [-0.2, -0.15) is 0 Å². The van der Waals surface area contributed by atoms with Gasteiger partial charge in [0.15, 0.2) is 0 Å². The van der Waals surface area contributed by atoms with E-state index in [-0.39, 0.29) is 11.2 Å². The Hall–Kier alpha value is -1.62. The molecule has 1 saturated carbocycles. The molecule has 1 fully saturated rings. The van der Waals surface area contributed by atoms with E-state index >= 15 is 0 Å². The third-order valence-corrected chi connectivity index (χ3v) is 4.12. The topological polar surface area (TPSA) is 64.3 Å². The van der Waals surface area contributed by atoms with Gasteiger partial charge in [0.1, 0.15) is 11.4 Å². The fourth-order valence-corrected chi connectivity index (χ4v) is 3.01. The lowest BCUT2D eigenvalue weighted by molar-refractivity contribution is 0.0635. The van der Waals surface area contributed by atoms with Crippen LogP contribution in [0.1, 0.15) is 52.0 Å². The van der Waals surface area contributed by atoms with Gasteiger partial charge in [0.05, 0.1) is 0 Å². The van der Waals surface area contributed by atoms with Gasteiger partial charge in [-0.05, 0) is 75.8 Å². The van der Waals surface area contributed by atoms with Gasteiger partial charge in [-0.25, -0.2) is 9.18 Å². The Labute approximate surface area is 131 Å². The van der Waals surface area contributed by atoms with E-state index in [1.54, 1.807) is 26.8 Å². The van der Waals surface area contributed by atoms with Gasteiger partial charge in [-0.3, -0.25) is 5.32 Å². The molecule has 1 aliphatic carbocycles. The number of carbonyl (C=O) groups excluding carboxylic acids is 1. The van der Waals surface area contributed by atoms with E-state index < -0.39 is 11.7 Å². The Kier molecular flexibility index (Phi) is 4.75. The van der Waals surface area contributed by atoms with Crippen LogP contribution in [0.15, 0.2) is 18.2 Å². The second-order valence-corrected chi connectivity index (χ2v) is 6.99. The van der Waals surface area contributed by atoms with Crippen molar-refractivity contribution in [3.8, 4) is 0 Å². The first-order valence-electron chi connectivity index (χ1n) is 7.76. The van der Waals surface area contributed by atoms with Crippen molar-refractivity contribution < 1.29 is 13.9 Å². The number of nitrogens with one attached hydrogen (secondary N) is 1. The third-order valence-electron chi connectivity index (χ3n) is 4.12. The Bertz CT molecular complexity index is 548. The summed E-state index contributed by atoms with van der Waals surface area (Å²) in [5, 5.41) is 2.76. The van der Waals surface area contributed by atoms with E-state index in [1.807, 2.05) is 0 Å². The quantitative estimate of drug-likeness (QED) is 0.885. The SMILES string of the molecule is CC(C)(C)OC(=O)Nc1ccc(F)cc1C1(CCN)CCC1. The van der Waals surface area contributed by atoms with Gasteiger partial charge in [0.2, 0.25) is 0 Å². The zero-order valence-corrected chi connectivity index (χ0v) is 13.5. The fourth-order valence-electron chi connectivity index (χ4n) is 3.01. The molecule has 0 heterocycles. The Morgan fingerprint density at radius 1 is 1.41 bits per heavy atom. The van der Waals surface area contributed by atoms with Crippen molar-refractivity contribution in [2.75, 3.05) is 11.9 Å². The largest absolute Gasteiger partial charge is 0.444 e. The van der Waals surface area contributed by atoms with Crippen LogP contribution in [0, 0.1) is 5.82 Å². The number of ether oxygens (including phenoxy) is 1. The summed E-state index contributed by atoms with van der Waals surface area (Å²) >= 11 is 0. The molecule has 5 heteroatoms. The normalized spacial score (nSPS) is 16.8. The minimum atomic E-state index is -0.574. The molecule has 3 N–H and O–H groups in total. The number of carbonyl (C=O) groups is 1. The minimum absolute atomic E-state index is 0.124. The van der Waals surface area contributed by atoms with Crippen molar-refractivity contribution in [1.82, 2.24) is 0 Å². The fraction of sp³-hybridized carbons (Fsp3) is 0.588. The lowest BCUT2D eigenvalue weighted by Gasteiger charge is -2.43. The summed E-state index contributed by atoms with van der Waals surface area (Å²) in [7, 11) is 0. The molecule has 0 spiro atoms. The van der Waals surface area contributed by atoms with Crippen LogP contribution in [0.2, 0.25) is 0 Å². The average molecular weight is 308 g/mol. The first-order valence-corrected chi connectivity index (χ1v) is 7.76. The van der Waals surface area contributed by atoms with Crippen molar-refractivity contribution in [2.24, 2.45) is 5.73 Å². The van der Waals surface area contributed by atoms with Crippen LogP contribution in [0.25, 0.3) is 0 Å². The molecular formula is C17H25FN2O2. The summed E-state index contributed by atoms with van der Waals surface area (Å²) in [6, 6.07) is 4.47. The van der Waals surface area contributed by atoms with Crippen LogP contribution in [0.4, 0.5) is 14.9 Å². The van der Waals surface area contributed by atoms with Crippen molar-refractivity contribution in [3.63, 3.8) is 0 Å². The van der Waals surface area contributed by atoms with Crippen LogP contribution in [0.3, 0.4) is 0 Å². The van der Waals surface area contributed by atoms with E-state index in [2.05, 4.69) is 5.32 Å². The smallest absolute Gasteiger partial charge is 0.412 e. The summed E-state index contributed by atoms with van der Waals surface area (Å²) in [6.45, 7) is 5.96.